The van der Waals surface area contributed by atoms with Gasteiger partial charge < -0.3 is 0 Å². The van der Waals surface area contributed by atoms with Gasteiger partial charge in [0.25, 0.3) is 9.05 Å². The minimum Gasteiger partial charge on any atom is -0.107 e. The van der Waals surface area contributed by atoms with E-state index in [0.29, 0.717) is 12.1 Å². The van der Waals surface area contributed by atoms with Crippen molar-refractivity contribution >= 4 is 25.4 Å². The fraction of sp³-hybridized carbons (Fsp3) is 0. The van der Waals surface area contributed by atoms with Gasteiger partial charge >= 0.3 is 0 Å². The summed E-state index contributed by atoms with van der Waals surface area (Å²) in [6, 6.07) is 2.52. The second-order valence-electron chi connectivity index (χ2n) is 2.65. The molecule has 0 aliphatic carbocycles. The Kier molecular flexibility index (Phi) is 2.17. The molecule has 15 heavy (non-hydrogen) atoms. The monoisotopic (exact) mass is 261 g/mol. The first-order chi connectivity index (χ1) is 6.53. The van der Waals surface area contributed by atoms with Gasteiger partial charge in [0.05, 0.1) is 4.90 Å². The number of azide groups is 1. The van der Waals surface area contributed by atoms with E-state index in [1.54, 1.807) is 0 Å². The summed E-state index contributed by atoms with van der Waals surface area (Å²) >= 11 is 0. The molecule has 0 saturated heterocycles. The van der Waals surface area contributed by atoms with Crippen LogP contribution >= 0.6 is 19.7 Å². The molecule has 9 heteroatoms. The normalized spacial score (nSPS) is 16.1. The van der Waals surface area contributed by atoms with Crippen molar-refractivity contribution in [2.24, 2.45) is 5.11 Å². The molecule has 0 aliphatic rings. The third-order valence-electron chi connectivity index (χ3n) is 1.44. The molecule has 0 aliphatic heterocycles. The third kappa shape index (κ3) is 3.19. The quantitative estimate of drug-likeness (QED) is 0.290. The van der Waals surface area contributed by atoms with Crippen LogP contribution in [0.5, 0.6) is 0 Å². The summed E-state index contributed by atoms with van der Waals surface area (Å²) in [4.78, 5) is 0.784. The number of hydrogen-bond donors (Lipinski definition) is 0. The largest absolute Gasteiger partial charge is 0.253 e. The lowest BCUT2D eigenvalue weighted by atomic mass is 10.3. The molecule has 0 N–H and O–H groups in total. The van der Waals surface area contributed by atoms with Crippen LogP contribution in [0.3, 0.4) is 0 Å². The molecule has 1 aromatic carbocycles. The second-order valence-corrected chi connectivity index (χ2v) is 6.92. The maximum Gasteiger partial charge on any atom is 0.253 e. The number of halogens is 5. The Labute approximate surface area is 86.2 Å². The van der Waals surface area contributed by atoms with Crippen molar-refractivity contribution < 1.29 is 15.5 Å². The van der Waals surface area contributed by atoms with E-state index in [2.05, 4.69) is 20.7 Å². The summed E-state index contributed by atoms with van der Waals surface area (Å²) in [6.45, 7) is 0. The Balaban J connectivity index is 3.28. The fourth-order valence-corrected chi connectivity index (χ4v) is 1.78. The smallest absolute Gasteiger partial charge is 0.107 e. The first kappa shape index (κ1) is 12.0. The van der Waals surface area contributed by atoms with Crippen molar-refractivity contribution in [3.8, 4) is 0 Å². The summed E-state index contributed by atoms with van der Waals surface area (Å²) < 4.78 is 50.4. The molecular weight excluding hydrogens is 258 g/mol. The lowest BCUT2D eigenvalue weighted by Gasteiger charge is -2.42. The molecule has 0 radical (unpaired) electrons. The highest BCUT2D eigenvalue weighted by molar-refractivity contribution is 8.65. The summed E-state index contributed by atoms with van der Waals surface area (Å²) in [7, 11) is -4.59. The van der Waals surface area contributed by atoms with Crippen molar-refractivity contribution in [1.82, 2.24) is 0 Å². The Morgan fingerprint density at radius 2 is 1.60 bits per heavy atom. The number of nitrogens with zero attached hydrogens (tertiary/aromatic N) is 3. The number of benzene rings is 1. The topological polar surface area (TPSA) is 48.8 Å². The van der Waals surface area contributed by atoms with Crippen molar-refractivity contribution in [2.45, 2.75) is 4.90 Å². The van der Waals surface area contributed by atoms with Crippen molar-refractivity contribution in [2.75, 3.05) is 0 Å². The predicted molar refractivity (Wildman–Crippen MR) is 51.4 cm³/mol. The zero-order chi connectivity index (χ0) is 11.8. The molecule has 0 amide bonds. The van der Waals surface area contributed by atoms with E-state index in [4.69, 9.17) is 5.53 Å². The van der Waals surface area contributed by atoms with Crippen LogP contribution in [0, 0.1) is 0 Å². The maximum absolute atomic E-state index is 12.6. The molecule has 1 rings (SSSR count). The molecule has 0 fully saturated rings. The van der Waals surface area contributed by atoms with E-state index in [-0.39, 0.29) is 5.69 Å². The average molecular weight is 262 g/mol. The van der Waals surface area contributed by atoms with Gasteiger partial charge in [-0.3, -0.25) is 0 Å². The Morgan fingerprint density at radius 1 is 1.13 bits per heavy atom. The maximum atomic E-state index is 12.6. The van der Waals surface area contributed by atoms with Gasteiger partial charge in [0, 0.05) is 21.3 Å². The summed E-state index contributed by atoms with van der Waals surface area (Å²) in [6.07, 6.45) is 0. The zero-order valence-electron chi connectivity index (χ0n) is 6.95. The van der Waals surface area contributed by atoms with Crippen molar-refractivity contribution in [3.63, 3.8) is 0 Å². The van der Waals surface area contributed by atoms with Gasteiger partial charge in [-0.15, -0.1) is 15.5 Å². The molecule has 0 unspecified atom stereocenters. The molecule has 0 atom stereocenters. The van der Waals surface area contributed by atoms with Crippen molar-refractivity contribution in [3.05, 3.63) is 34.7 Å². The minimum atomic E-state index is -8.64. The van der Waals surface area contributed by atoms with E-state index >= 15 is 0 Å². The highest BCUT2D eigenvalue weighted by Gasteiger charge is 2.62. The lowest BCUT2D eigenvalue weighted by Crippen LogP contribution is -2.03. The van der Waals surface area contributed by atoms with E-state index < -0.39 is 13.9 Å². The summed E-state index contributed by atoms with van der Waals surface area (Å²) in [5.74, 6) is 0. The predicted octanol–water partition coefficient (Wildman–Crippen LogP) is 5.56. The van der Waals surface area contributed by atoms with Crippen LogP contribution in [0.1, 0.15) is 0 Å². The van der Waals surface area contributed by atoms with Gasteiger partial charge in [-0.25, -0.2) is 0 Å². The second kappa shape index (κ2) is 2.72. The van der Waals surface area contributed by atoms with Crippen LogP contribution in [0.15, 0.2) is 34.3 Å². The molecule has 0 aromatic heterocycles. The Bertz CT molecular complexity index is 433. The van der Waals surface area contributed by atoms with Crippen LogP contribution in [-0.4, -0.2) is 0 Å². The molecule has 0 saturated carbocycles. The van der Waals surface area contributed by atoms with Crippen LogP contribution in [0.2, 0.25) is 0 Å². The molecule has 0 heterocycles. The number of rotatable bonds is 2. The Hall–Kier alpha value is -1.11. The first-order valence-corrected chi connectivity index (χ1v) is 6.30. The molecule has 84 valence electrons. The molecule has 1 aromatic rings. The van der Waals surface area contributed by atoms with Gasteiger partial charge in [-0.2, -0.15) is 0 Å². The lowest BCUT2D eigenvalue weighted by molar-refractivity contribution is 0.480. The SMILES string of the molecule is [N-]=[N+]=Nc1ccc(S(F)(F)(F)(F)Cl)cc1. The van der Waals surface area contributed by atoms with E-state index in [1.807, 2.05) is 0 Å². The van der Waals surface area contributed by atoms with E-state index in [9.17, 15) is 15.5 Å². The van der Waals surface area contributed by atoms with Crippen LogP contribution in [0.25, 0.3) is 10.4 Å². The highest BCUT2D eigenvalue weighted by atomic mass is 35.7. The highest BCUT2D eigenvalue weighted by Crippen LogP contribution is 3.04. The van der Waals surface area contributed by atoms with Gasteiger partial charge in [0.2, 0.25) is 0 Å². The molecule has 3 nitrogen and oxygen atoms in total. The number of hydrogen-bond acceptors (Lipinski definition) is 1. The summed E-state index contributed by atoms with van der Waals surface area (Å²) in [5, 5.41) is 3.04. The van der Waals surface area contributed by atoms with Crippen LogP contribution in [-0.2, 0) is 0 Å². The van der Waals surface area contributed by atoms with Gasteiger partial charge in [0.15, 0.2) is 0 Å². The van der Waals surface area contributed by atoms with E-state index in [0.717, 1.165) is 12.1 Å². The zero-order valence-corrected chi connectivity index (χ0v) is 8.52. The molecule has 0 spiro atoms. The average Bonchev–Trinajstić information content (AvgIpc) is 2.01. The molecule has 0 bridgehead atoms. The van der Waals surface area contributed by atoms with Crippen LogP contribution < -0.4 is 0 Å². The molecular formula is C6H4ClF4N3S. The van der Waals surface area contributed by atoms with Crippen LogP contribution in [0.4, 0.5) is 21.2 Å². The standard InChI is InChI=1S/C6H4ClF4N3S/c7-15(8,9,10,11)6-3-1-5(2-4-6)13-14-12/h1-4H. The first-order valence-electron chi connectivity index (χ1n) is 3.42. The minimum absolute atomic E-state index is 0.0558. The van der Waals surface area contributed by atoms with Gasteiger partial charge in [-0.05, 0) is 17.7 Å². The summed E-state index contributed by atoms with van der Waals surface area (Å²) in [5.41, 5.74) is 7.94. The van der Waals surface area contributed by atoms with Gasteiger partial charge in [-0.1, -0.05) is 17.2 Å². The van der Waals surface area contributed by atoms with E-state index in [1.165, 1.54) is 0 Å². The van der Waals surface area contributed by atoms with Gasteiger partial charge in [0.1, 0.15) is 0 Å². The Morgan fingerprint density at radius 3 is 1.93 bits per heavy atom. The van der Waals surface area contributed by atoms with Crippen molar-refractivity contribution in [1.29, 1.82) is 0 Å². The fourth-order valence-electron chi connectivity index (χ4n) is 0.822. The third-order valence-corrected chi connectivity index (χ3v) is 3.14.